The molecule has 1 atom stereocenters. The summed E-state index contributed by atoms with van der Waals surface area (Å²) in [5.74, 6) is 2.18. The van der Waals surface area contributed by atoms with Crippen LogP contribution in [0.25, 0.3) is 0 Å². The van der Waals surface area contributed by atoms with Crippen molar-refractivity contribution in [2.75, 3.05) is 18.5 Å². The van der Waals surface area contributed by atoms with Gasteiger partial charge < -0.3 is 14.8 Å². The molecule has 0 aliphatic carbocycles. The van der Waals surface area contributed by atoms with E-state index in [0.29, 0.717) is 24.1 Å². The Morgan fingerprint density at radius 2 is 1.70 bits per heavy atom. The maximum Gasteiger partial charge on any atom is 0.142 e. The van der Waals surface area contributed by atoms with E-state index in [4.69, 9.17) is 21.1 Å². The van der Waals surface area contributed by atoms with E-state index in [0.717, 1.165) is 17.2 Å². The molecule has 2 aromatic rings. The summed E-state index contributed by atoms with van der Waals surface area (Å²) in [4.78, 5) is 0. The molecule has 0 aliphatic heterocycles. The Labute approximate surface area is 143 Å². The Balaban J connectivity index is 1.88. The number of halogens is 1. The third-order valence-corrected chi connectivity index (χ3v) is 3.44. The second kappa shape index (κ2) is 8.68. The van der Waals surface area contributed by atoms with Crippen LogP contribution in [-0.2, 0) is 0 Å². The number of nitrogens with one attached hydrogen (secondary N) is 1. The molecule has 0 amide bonds. The first-order chi connectivity index (χ1) is 11.0. The van der Waals surface area contributed by atoms with Crippen LogP contribution in [0.15, 0.2) is 48.5 Å². The van der Waals surface area contributed by atoms with Crippen LogP contribution >= 0.6 is 11.6 Å². The van der Waals surface area contributed by atoms with Crippen LogP contribution in [0.5, 0.6) is 11.5 Å². The predicted octanol–water partition coefficient (Wildman–Crippen LogP) is 5.25. The van der Waals surface area contributed by atoms with E-state index in [1.807, 2.05) is 55.5 Å². The fourth-order valence-corrected chi connectivity index (χ4v) is 2.16. The van der Waals surface area contributed by atoms with Gasteiger partial charge in [-0.3, -0.25) is 0 Å². The lowest BCUT2D eigenvalue weighted by Gasteiger charge is -2.18. The molecule has 124 valence electrons. The molecule has 0 saturated heterocycles. The van der Waals surface area contributed by atoms with Crippen LogP contribution in [0.2, 0.25) is 5.02 Å². The number of benzene rings is 2. The summed E-state index contributed by atoms with van der Waals surface area (Å²) in [6.07, 6.45) is 0.0225. The highest BCUT2D eigenvalue weighted by Crippen LogP contribution is 2.24. The number of ether oxygens (including phenoxy) is 2. The zero-order chi connectivity index (χ0) is 16.7. The van der Waals surface area contributed by atoms with Crippen LogP contribution in [-0.4, -0.2) is 19.3 Å². The molecule has 1 unspecified atom stereocenters. The summed E-state index contributed by atoms with van der Waals surface area (Å²) < 4.78 is 11.7. The summed E-state index contributed by atoms with van der Waals surface area (Å²) in [5, 5.41) is 4.10. The molecule has 1 N–H and O–H groups in total. The normalized spacial score (nSPS) is 12.0. The fraction of sp³-hybridized carbons (Fsp3) is 0.368. The second-order valence-corrected chi connectivity index (χ2v) is 6.40. The van der Waals surface area contributed by atoms with Gasteiger partial charge in [-0.05, 0) is 49.2 Å². The molecule has 0 spiro atoms. The van der Waals surface area contributed by atoms with Crippen molar-refractivity contribution >= 4 is 17.3 Å². The Bertz CT molecular complexity index is 599. The van der Waals surface area contributed by atoms with Crippen LogP contribution < -0.4 is 14.8 Å². The maximum atomic E-state index is 5.88. The molecule has 3 nitrogen and oxygen atoms in total. The highest BCUT2D eigenvalue weighted by molar-refractivity contribution is 6.30. The van der Waals surface area contributed by atoms with Gasteiger partial charge in [0.2, 0.25) is 0 Å². The average molecular weight is 334 g/mol. The molecule has 2 aromatic carbocycles. The Morgan fingerprint density at radius 3 is 2.39 bits per heavy atom. The molecule has 0 aliphatic rings. The molecular weight excluding hydrogens is 310 g/mol. The standard InChI is InChI=1S/C19H24ClNO2/c1-14(2)13-22-19-7-5-4-6-18(19)21-12-15(3)23-17-10-8-16(20)9-11-17/h4-11,14-15,21H,12-13H2,1-3H3. The van der Waals surface area contributed by atoms with E-state index in [2.05, 4.69) is 19.2 Å². The quantitative estimate of drug-likeness (QED) is 0.715. The SMILES string of the molecule is CC(C)COc1ccccc1NCC(C)Oc1ccc(Cl)cc1. The van der Waals surface area contributed by atoms with Gasteiger partial charge in [0.1, 0.15) is 17.6 Å². The first-order valence-corrected chi connectivity index (χ1v) is 8.30. The minimum absolute atomic E-state index is 0.0225. The largest absolute Gasteiger partial charge is 0.491 e. The van der Waals surface area contributed by atoms with E-state index >= 15 is 0 Å². The Kier molecular flexibility index (Phi) is 6.60. The van der Waals surface area contributed by atoms with Gasteiger partial charge in [-0.2, -0.15) is 0 Å². The molecule has 0 fully saturated rings. The monoisotopic (exact) mass is 333 g/mol. The van der Waals surface area contributed by atoms with Gasteiger partial charge in [-0.1, -0.05) is 37.6 Å². The highest BCUT2D eigenvalue weighted by Gasteiger charge is 2.08. The van der Waals surface area contributed by atoms with E-state index in [1.165, 1.54) is 0 Å². The van der Waals surface area contributed by atoms with Crippen molar-refractivity contribution < 1.29 is 9.47 Å². The summed E-state index contributed by atoms with van der Waals surface area (Å²) in [5.41, 5.74) is 0.986. The maximum absolute atomic E-state index is 5.88. The average Bonchev–Trinajstić information content (AvgIpc) is 2.54. The zero-order valence-electron chi connectivity index (χ0n) is 13.9. The molecule has 0 heterocycles. The topological polar surface area (TPSA) is 30.5 Å². The number of hydrogen-bond donors (Lipinski definition) is 1. The van der Waals surface area contributed by atoms with E-state index < -0.39 is 0 Å². The van der Waals surface area contributed by atoms with Crippen molar-refractivity contribution in [3.8, 4) is 11.5 Å². The molecule has 23 heavy (non-hydrogen) atoms. The van der Waals surface area contributed by atoms with Crippen LogP contribution in [0.1, 0.15) is 20.8 Å². The molecule has 0 aromatic heterocycles. The molecule has 2 rings (SSSR count). The van der Waals surface area contributed by atoms with Gasteiger partial charge in [0.25, 0.3) is 0 Å². The molecule has 0 saturated carbocycles. The second-order valence-electron chi connectivity index (χ2n) is 5.96. The van der Waals surface area contributed by atoms with Crippen molar-refractivity contribution in [2.24, 2.45) is 5.92 Å². The molecule has 0 radical (unpaired) electrons. The van der Waals surface area contributed by atoms with Gasteiger partial charge in [0.05, 0.1) is 18.8 Å². The Morgan fingerprint density at radius 1 is 1.00 bits per heavy atom. The first-order valence-electron chi connectivity index (χ1n) is 7.92. The summed E-state index contributed by atoms with van der Waals surface area (Å²) in [6, 6.07) is 15.4. The van der Waals surface area contributed by atoms with Gasteiger partial charge >= 0.3 is 0 Å². The summed E-state index contributed by atoms with van der Waals surface area (Å²) in [6.45, 7) is 7.69. The van der Waals surface area contributed by atoms with E-state index in [9.17, 15) is 0 Å². The van der Waals surface area contributed by atoms with Crippen LogP contribution in [0.3, 0.4) is 0 Å². The fourth-order valence-electron chi connectivity index (χ4n) is 2.04. The minimum atomic E-state index is 0.0225. The number of para-hydroxylation sites is 2. The van der Waals surface area contributed by atoms with E-state index in [-0.39, 0.29) is 6.10 Å². The van der Waals surface area contributed by atoms with Crippen molar-refractivity contribution in [3.63, 3.8) is 0 Å². The predicted molar refractivity (Wildman–Crippen MR) is 96.8 cm³/mol. The first kappa shape index (κ1) is 17.5. The third-order valence-electron chi connectivity index (χ3n) is 3.19. The number of hydrogen-bond acceptors (Lipinski definition) is 3. The van der Waals surface area contributed by atoms with Crippen molar-refractivity contribution in [2.45, 2.75) is 26.9 Å². The van der Waals surface area contributed by atoms with Crippen molar-refractivity contribution in [1.82, 2.24) is 0 Å². The van der Waals surface area contributed by atoms with Gasteiger partial charge in [-0.25, -0.2) is 0 Å². The zero-order valence-corrected chi connectivity index (χ0v) is 14.6. The van der Waals surface area contributed by atoms with E-state index in [1.54, 1.807) is 0 Å². The minimum Gasteiger partial charge on any atom is -0.491 e. The molecule has 4 heteroatoms. The Hall–Kier alpha value is -1.87. The van der Waals surface area contributed by atoms with Crippen molar-refractivity contribution in [3.05, 3.63) is 53.6 Å². The number of rotatable bonds is 8. The van der Waals surface area contributed by atoms with Crippen LogP contribution in [0.4, 0.5) is 5.69 Å². The lowest BCUT2D eigenvalue weighted by molar-refractivity contribution is 0.234. The smallest absolute Gasteiger partial charge is 0.142 e. The van der Waals surface area contributed by atoms with Crippen molar-refractivity contribution in [1.29, 1.82) is 0 Å². The van der Waals surface area contributed by atoms with Gasteiger partial charge in [-0.15, -0.1) is 0 Å². The highest BCUT2D eigenvalue weighted by atomic mass is 35.5. The van der Waals surface area contributed by atoms with Gasteiger partial charge in [0, 0.05) is 5.02 Å². The molecule has 0 bridgehead atoms. The number of anilines is 1. The third kappa shape index (κ3) is 6.03. The summed E-state index contributed by atoms with van der Waals surface area (Å²) >= 11 is 5.88. The van der Waals surface area contributed by atoms with Crippen LogP contribution in [0, 0.1) is 5.92 Å². The van der Waals surface area contributed by atoms with Gasteiger partial charge in [0.15, 0.2) is 0 Å². The summed E-state index contributed by atoms with van der Waals surface area (Å²) in [7, 11) is 0. The lowest BCUT2D eigenvalue weighted by atomic mass is 10.2. The lowest BCUT2D eigenvalue weighted by Crippen LogP contribution is -2.23. The molecular formula is C19H24ClNO2.